The minimum Gasteiger partial charge on any atom is -0.390 e. The lowest BCUT2D eigenvalue weighted by atomic mass is 10.3. The van der Waals surface area contributed by atoms with E-state index in [0.29, 0.717) is 6.54 Å². The molecule has 4 heteroatoms. The first kappa shape index (κ1) is 12.4. The third-order valence-corrected chi connectivity index (χ3v) is 2.87. The van der Waals surface area contributed by atoms with Crippen molar-refractivity contribution in [3.05, 3.63) is 24.3 Å². The molecule has 0 fully saturated rings. The predicted molar refractivity (Wildman–Crippen MR) is 66.4 cm³/mol. The van der Waals surface area contributed by atoms with Gasteiger partial charge >= 0.3 is 0 Å². The number of aliphatic hydroxyl groups is 1. The highest BCUT2D eigenvalue weighted by molar-refractivity contribution is 7.99. The summed E-state index contributed by atoms with van der Waals surface area (Å²) in [4.78, 5) is 1.27. The summed E-state index contributed by atoms with van der Waals surface area (Å²) in [6.07, 6.45) is -0.477. The number of benzene rings is 1. The van der Waals surface area contributed by atoms with Gasteiger partial charge in [0.05, 0.1) is 6.10 Å². The summed E-state index contributed by atoms with van der Waals surface area (Å²) >= 11 is 1.82. The molecule has 0 aliphatic rings. The fraction of sp³-hybridized carbons (Fsp3) is 0.455. The smallest absolute Gasteiger partial charge is 0.0834 e. The molecule has 84 valence electrons. The van der Waals surface area contributed by atoms with Crippen molar-refractivity contribution < 1.29 is 5.11 Å². The van der Waals surface area contributed by atoms with Gasteiger partial charge in [-0.1, -0.05) is 6.92 Å². The van der Waals surface area contributed by atoms with E-state index in [1.165, 1.54) is 4.90 Å². The third-order valence-electron chi connectivity index (χ3n) is 1.98. The quantitative estimate of drug-likeness (QED) is 0.644. The Morgan fingerprint density at radius 3 is 2.60 bits per heavy atom. The summed E-state index contributed by atoms with van der Waals surface area (Å²) in [7, 11) is 0. The fourth-order valence-electron chi connectivity index (χ4n) is 1.15. The molecule has 1 rings (SSSR count). The summed E-state index contributed by atoms with van der Waals surface area (Å²) in [5.74, 6) is 1.08. The highest BCUT2D eigenvalue weighted by atomic mass is 32.2. The summed E-state index contributed by atoms with van der Waals surface area (Å²) < 4.78 is 0. The fourth-order valence-corrected chi connectivity index (χ4v) is 1.82. The van der Waals surface area contributed by atoms with E-state index < -0.39 is 6.10 Å². The molecule has 3 nitrogen and oxygen atoms in total. The molecular formula is C11H18N2OS. The van der Waals surface area contributed by atoms with Gasteiger partial charge in [-0.2, -0.15) is 0 Å². The molecule has 0 radical (unpaired) electrons. The Kier molecular flexibility index (Phi) is 5.53. The second-order valence-electron chi connectivity index (χ2n) is 3.23. The Hall–Kier alpha value is -0.710. The van der Waals surface area contributed by atoms with Crippen LogP contribution in [0.1, 0.15) is 6.92 Å². The number of hydrogen-bond acceptors (Lipinski definition) is 4. The number of nitrogens with one attached hydrogen (secondary N) is 1. The third kappa shape index (κ3) is 4.55. The molecule has 0 saturated heterocycles. The number of thioether (sulfide) groups is 1. The first-order valence-corrected chi connectivity index (χ1v) is 6.09. The zero-order chi connectivity index (χ0) is 11.1. The van der Waals surface area contributed by atoms with Crippen LogP contribution in [0.15, 0.2) is 29.2 Å². The minimum absolute atomic E-state index is 0.288. The van der Waals surface area contributed by atoms with Crippen LogP contribution in [0.4, 0.5) is 5.69 Å². The van der Waals surface area contributed by atoms with Crippen LogP contribution < -0.4 is 11.1 Å². The van der Waals surface area contributed by atoms with Crippen LogP contribution in [-0.4, -0.2) is 30.1 Å². The van der Waals surface area contributed by atoms with E-state index in [4.69, 9.17) is 5.73 Å². The van der Waals surface area contributed by atoms with Crippen LogP contribution in [-0.2, 0) is 0 Å². The number of hydrogen-bond donors (Lipinski definition) is 3. The molecule has 0 saturated carbocycles. The van der Waals surface area contributed by atoms with Gasteiger partial charge < -0.3 is 16.2 Å². The topological polar surface area (TPSA) is 58.3 Å². The largest absolute Gasteiger partial charge is 0.390 e. The van der Waals surface area contributed by atoms with Crippen molar-refractivity contribution in [3.8, 4) is 0 Å². The van der Waals surface area contributed by atoms with Gasteiger partial charge in [-0.05, 0) is 30.0 Å². The second-order valence-corrected chi connectivity index (χ2v) is 4.57. The number of anilines is 1. The van der Waals surface area contributed by atoms with Gasteiger partial charge in [-0.15, -0.1) is 11.8 Å². The monoisotopic (exact) mass is 226 g/mol. The molecular weight excluding hydrogens is 208 g/mol. The van der Waals surface area contributed by atoms with Gasteiger partial charge in [0.2, 0.25) is 0 Å². The Morgan fingerprint density at radius 1 is 1.40 bits per heavy atom. The summed E-state index contributed by atoms with van der Waals surface area (Å²) in [5, 5.41) is 12.4. The second kappa shape index (κ2) is 6.71. The van der Waals surface area contributed by atoms with E-state index in [-0.39, 0.29) is 6.54 Å². The van der Waals surface area contributed by atoms with Gasteiger partial charge in [-0.3, -0.25) is 0 Å². The predicted octanol–water partition coefficient (Wildman–Crippen LogP) is 1.53. The average Bonchev–Trinajstić information content (AvgIpc) is 2.28. The van der Waals surface area contributed by atoms with Crippen LogP contribution in [0.25, 0.3) is 0 Å². The average molecular weight is 226 g/mol. The molecule has 0 spiro atoms. The van der Waals surface area contributed by atoms with Gasteiger partial charge in [0, 0.05) is 23.7 Å². The molecule has 15 heavy (non-hydrogen) atoms. The SMILES string of the molecule is CCSc1ccc(NCC(O)CN)cc1. The van der Waals surface area contributed by atoms with Crippen LogP contribution in [0, 0.1) is 0 Å². The Morgan fingerprint density at radius 2 is 2.07 bits per heavy atom. The van der Waals surface area contributed by atoms with Crippen LogP contribution in [0.3, 0.4) is 0 Å². The standard InChI is InChI=1S/C11H18N2OS/c1-2-15-11-5-3-9(4-6-11)13-8-10(14)7-12/h3-6,10,13-14H,2,7-8,12H2,1H3. The maximum absolute atomic E-state index is 9.27. The first-order chi connectivity index (χ1) is 7.26. The highest BCUT2D eigenvalue weighted by Gasteiger charge is 2.00. The van der Waals surface area contributed by atoms with Crippen molar-refractivity contribution in [2.45, 2.75) is 17.9 Å². The van der Waals surface area contributed by atoms with Crippen LogP contribution in [0.2, 0.25) is 0 Å². The van der Waals surface area contributed by atoms with Crippen molar-refractivity contribution in [1.29, 1.82) is 0 Å². The number of nitrogens with two attached hydrogens (primary N) is 1. The molecule has 1 aromatic carbocycles. The van der Waals surface area contributed by atoms with E-state index in [9.17, 15) is 5.11 Å². The summed E-state index contributed by atoms with van der Waals surface area (Å²) in [6.45, 7) is 2.92. The number of aliphatic hydroxyl groups excluding tert-OH is 1. The van der Waals surface area contributed by atoms with E-state index in [0.717, 1.165) is 11.4 Å². The van der Waals surface area contributed by atoms with E-state index in [1.807, 2.05) is 23.9 Å². The van der Waals surface area contributed by atoms with Crippen molar-refractivity contribution >= 4 is 17.4 Å². The zero-order valence-corrected chi connectivity index (χ0v) is 9.76. The lowest BCUT2D eigenvalue weighted by molar-refractivity contribution is 0.196. The normalized spacial score (nSPS) is 12.5. The molecule has 0 bridgehead atoms. The maximum Gasteiger partial charge on any atom is 0.0834 e. The minimum atomic E-state index is -0.477. The van der Waals surface area contributed by atoms with Gasteiger partial charge in [0.1, 0.15) is 0 Å². The molecule has 0 aliphatic heterocycles. The Bertz CT molecular complexity index is 276. The molecule has 1 unspecified atom stereocenters. The molecule has 0 aliphatic carbocycles. The van der Waals surface area contributed by atoms with Crippen molar-refractivity contribution in [2.24, 2.45) is 5.73 Å². The molecule has 0 aromatic heterocycles. The summed E-state index contributed by atoms with van der Waals surface area (Å²) in [6, 6.07) is 8.18. The van der Waals surface area contributed by atoms with Gasteiger partial charge in [0.15, 0.2) is 0 Å². The Balaban J connectivity index is 2.42. The lowest BCUT2D eigenvalue weighted by Gasteiger charge is -2.10. The molecule has 1 aromatic rings. The van der Waals surface area contributed by atoms with Gasteiger partial charge in [0.25, 0.3) is 0 Å². The molecule has 4 N–H and O–H groups in total. The highest BCUT2D eigenvalue weighted by Crippen LogP contribution is 2.19. The van der Waals surface area contributed by atoms with Gasteiger partial charge in [-0.25, -0.2) is 0 Å². The van der Waals surface area contributed by atoms with Crippen molar-refractivity contribution in [2.75, 3.05) is 24.2 Å². The maximum atomic E-state index is 9.27. The lowest BCUT2D eigenvalue weighted by Crippen LogP contribution is -2.27. The first-order valence-electron chi connectivity index (χ1n) is 5.11. The zero-order valence-electron chi connectivity index (χ0n) is 8.94. The van der Waals surface area contributed by atoms with Crippen LogP contribution >= 0.6 is 11.8 Å². The summed E-state index contributed by atoms with van der Waals surface area (Å²) in [5.41, 5.74) is 6.32. The Labute approximate surface area is 95.1 Å². The molecule has 0 amide bonds. The van der Waals surface area contributed by atoms with E-state index in [1.54, 1.807) is 0 Å². The van der Waals surface area contributed by atoms with E-state index in [2.05, 4.69) is 24.4 Å². The molecule has 1 atom stereocenters. The van der Waals surface area contributed by atoms with Crippen molar-refractivity contribution in [1.82, 2.24) is 0 Å². The molecule has 0 heterocycles. The van der Waals surface area contributed by atoms with Crippen LogP contribution in [0.5, 0.6) is 0 Å². The number of rotatable bonds is 6. The van der Waals surface area contributed by atoms with E-state index >= 15 is 0 Å². The van der Waals surface area contributed by atoms with Crippen molar-refractivity contribution in [3.63, 3.8) is 0 Å².